The maximum Gasteiger partial charge on any atom is 0.338 e. The Hall–Kier alpha value is -1.93. The lowest BCUT2D eigenvalue weighted by atomic mass is 10.4. The summed E-state index contributed by atoms with van der Waals surface area (Å²) in [4.78, 5) is 35.8. The van der Waals surface area contributed by atoms with Gasteiger partial charge in [0.1, 0.15) is 0 Å². The number of nitrogens with one attached hydrogen (secondary N) is 2. The Balaban J connectivity index is 3.68. The number of aliphatic hydroxyl groups is 2. The molecular formula is C6H7N3O5. The Morgan fingerprint density at radius 3 is 2.00 bits per heavy atom. The van der Waals surface area contributed by atoms with E-state index < -0.39 is 23.0 Å². The highest BCUT2D eigenvalue weighted by atomic mass is 16.5. The standard InChI is InChI=1S/C6H7N3O5/c1-2-6(13,14)9-4(11)7-3(10)8-5(9)12/h2,13-14H,1H2,(H2,7,8,10,11,12). The molecule has 0 spiro atoms. The van der Waals surface area contributed by atoms with Crippen molar-refractivity contribution in [1.82, 2.24) is 14.5 Å². The molecule has 14 heavy (non-hydrogen) atoms. The van der Waals surface area contributed by atoms with Gasteiger partial charge in [-0.05, 0) is 6.08 Å². The molecular weight excluding hydrogens is 194 g/mol. The Labute approximate surface area is 75.8 Å². The first-order valence-corrected chi connectivity index (χ1v) is 3.43. The van der Waals surface area contributed by atoms with Gasteiger partial charge in [-0.2, -0.15) is 4.57 Å². The molecule has 0 atom stereocenters. The van der Waals surface area contributed by atoms with Gasteiger partial charge in [0, 0.05) is 0 Å². The molecule has 0 aliphatic rings. The van der Waals surface area contributed by atoms with Crippen LogP contribution in [0.5, 0.6) is 0 Å². The van der Waals surface area contributed by atoms with Crippen molar-refractivity contribution in [3.05, 3.63) is 44.1 Å². The van der Waals surface area contributed by atoms with Crippen LogP contribution in [0.4, 0.5) is 0 Å². The predicted octanol–water partition coefficient (Wildman–Crippen LogP) is -2.99. The first-order chi connectivity index (χ1) is 6.38. The maximum absolute atomic E-state index is 11.0. The van der Waals surface area contributed by atoms with Crippen LogP contribution >= 0.6 is 0 Å². The molecule has 0 aliphatic heterocycles. The van der Waals surface area contributed by atoms with E-state index in [0.717, 1.165) is 0 Å². The Morgan fingerprint density at radius 2 is 1.64 bits per heavy atom. The topological polar surface area (TPSA) is 128 Å². The van der Waals surface area contributed by atoms with Crippen LogP contribution in [0.25, 0.3) is 0 Å². The van der Waals surface area contributed by atoms with Gasteiger partial charge in [-0.15, -0.1) is 0 Å². The highest BCUT2D eigenvalue weighted by Crippen LogP contribution is 2.00. The van der Waals surface area contributed by atoms with Gasteiger partial charge in [-0.1, -0.05) is 6.58 Å². The molecule has 4 N–H and O–H groups in total. The lowest BCUT2D eigenvalue weighted by molar-refractivity contribution is -0.191. The third-order valence-electron chi connectivity index (χ3n) is 1.45. The molecule has 0 amide bonds. The minimum absolute atomic E-state index is 0.00139. The van der Waals surface area contributed by atoms with Crippen LogP contribution in [0.1, 0.15) is 0 Å². The van der Waals surface area contributed by atoms with Crippen LogP contribution in [0.3, 0.4) is 0 Å². The third-order valence-corrected chi connectivity index (χ3v) is 1.45. The molecule has 0 bridgehead atoms. The van der Waals surface area contributed by atoms with Crippen molar-refractivity contribution in [2.75, 3.05) is 0 Å². The summed E-state index contributed by atoms with van der Waals surface area (Å²) in [5.74, 6) is -2.84. The number of H-pyrrole nitrogens is 2. The molecule has 0 fully saturated rings. The molecule has 8 heteroatoms. The monoisotopic (exact) mass is 201 g/mol. The molecule has 0 saturated carbocycles. The van der Waals surface area contributed by atoms with E-state index in [1.807, 2.05) is 0 Å². The first-order valence-electron chi connectivity index (χ1n) is 3.43. The quantitative estimate of drug-likeness (QED) is 0.299. The van der Waals surface area contributed by atoms with Crippen LogP contribution in [0.2, 0.25) is 0 Å². The van der Waals surface area contributed by atoms with Gasteiger partial charge in [0.25, 0.3) is 5.91 Å². The van der Waals surface area contributed by atoms with Crippen molar-refractivity contribution in [3.63, 3.8) is 0 Å². The van der Waals surface area contributed by atoms with Gasteiger partial charge < -0.3 is 10.2 Å². The maximum atomic E-state index is 11.0. The minimum atomic E-state index is -2.84. The smallest absolute Gasteiger partial charge is 0.338 e. The molecule has 0 unspecified atom stereocenters. The van der Waals surface area contributed by atoms with Crippen molar-refractivity contribution in [2.24, 2.45) is 0 Å². The molecule has 0 radical (unpaired) electrons. The average Bonchev–Trinajstić information content (AvgIpc) is 2.01. The number of nitrogens with zero attached hydrogens (tertiary/aromatic N) is 1. The van der Waals surface area contributed by atoms with Crippen molar-refractivity contribution >= 4 is 0 Å². The van der Waals surface area contributed by atoms with E-state index in [0.29, 0.717) is 6.08 Å². The Morgan fingerprint density at radius 1 is 1.21 bits per heavy atom. The van der Waals surface area contributed by atoms with Gasteiger partial charge in [-0.3, -0.25) is 9.97 Å². The zero-order chi connectivity index (χ0) is 10.9. The summed E-state index contributed by atoms with van der Waals surface area (Å²) in [5.41, 5.74) is -3.52. The van der Waals surface area contributed by atoms with Crippen LogP contribution in [-0.2, 0) is 5.91 Å². The predicted molar refractivity (Wildman–Crippen MR) is 44.6 cm³/mol. The second-order valence-corrected chi connectivity index (χ2v) is 2.42. The van der Waals surface area contributed by atoms with Gasteiger partial charge in [-0.25, -0.2) is 14.4 Å². The zero-order valence-electron chi connectivity index (χ0n) is 6.85. The van der Waals surface area contributed by atoms with Crippen LogP contribution in [-0.4, -0.2) is 24.7 Å². The van der Waals surface area contributed by atoms with E-state index in [1.165, 1.54) is 0 Å². The summed E-state index contributed by atoms with van der Waals surface area (Å²) in [5, 5.41) is 18.2. The molecule has 0 saturated heterocycles. The van der Waals surface area contributed by atoms with Gasteiger partial charge >= 0.3 is 17.1 Å². The second kappa shape index (κ2) is 3.09. The van der Waals surface area contributed by atoms with Crippen molar-refractivity contribution < 1.29 is 10.2 Å². The third kappa shape index (κ3) is 1.56. The average molecular weight is 201 g/mol. The molecule has 1 heterocycles. The molecule has 1 rings (SSSR count). The number of rotatable bonds is 2. The summed E-state index contributed by atoms with van der Waals surface area (Å²) in [6, 6.07) is 0. The summed E-state index contributed by atoms with van der Waals surface area (Å²) in [6.07, 6.45) is 0.557. The molecule has 0 aliphatic carbocycles. The molecule has 8 nitrogen and oxygen atoms in total. The van der Waals surface area contributed by atoms with Gasteiger partial charge in [0.15, 0.2) is 0 Å². The van der Waals surface area contributed by atoms with E-state index in [4.69, 9.17) is 10.2 Å². The molecule has 1 aromatic heterocycles. The van der Waals surface area contributed by atoms with Crippen molar-refractivity contribution in [2.45, 2.75) is 5.91 Å². The normalized spacial score (nSPS) is 11.3. The van der Waals surface area contributed by atoms with Crippen LogP contribution in [0.15, 0.2) is 27.0 Å². The van der Waals surface area contributed by atoms with Crippen molar-refractivity contribution in [1.29, 1.82) is 0 Å². The fourth-order valence-electron chi connectivity index (χ4n) is 0.820. The largest absolute Gasteiger partial charge is 0.345 e. The van der Waals surface area contributed by atoms with Crippen molar-refractivity contribution in [3.8, 4) is 0 Å². The highest BCUT2D eigenvalue weighted by Gasteiger charge is 2.25. The number of hydrogen-bond donors (Lipinski definition) is 4. The van der Waals surface area contributed by atoms with Gasteiger partial charge in [0.05, 0.1) is 0 Å². The van der Waals surface area contributed by atoms with Gasteiger partial charge in [0.2, 0.25) is 0 Å². The zero-order valence-corrected chi connectivity index (χ0v) is 6.85. The fraction of sp³-hybridized carbons (Fsp3) is 0.167. The van der Waals surface area contributed by atoms with E-state index >= 15 is 0 Å². The first kappa shape index (κ1) is 10.2. The van der Waals surface area contributed by atoms with Crippen LogP contribution in [0, 0.1) is 0 Å². The Kier molecular flexibility index (Phi) is 2.24. The lowest BCUT2D eigenvalue weighted by Gasteiger charge is -2.16. The lowest BCUT2D eigenvalue weighted by Crippen LogP contribution is -2.52. The van der Waals surface area contributed by atoms with E-state index in [9.17, 15) is 14.4 Å². The molecule has 0 aromatic carbocycles. The fourth-order valence-corrected chi connectivity index (χ4v) is 0.820. The van der Waals surface area contributed by atoms with E-state index in [-0.39, 0.29) is 4.57 Å². The number of aromatic nitrogens is 3. The molecule has 76 valence electrons. The van der Waals surface area contributed by atoms with E-state index in [1.54, 1.807) is 9.97 Å². The second-order valence-electron chi connectivity index (χ2n) is 2.42. The molecule has 1 aromatic rings. The highest BCUT2D eigenvalue weighted by molar-refractivity contribution is 4.86. The SMILES string of the molecule is C=CC(O)(O)n1c(=O)[nH]c(=O)[nH]c1=O. The number of aromatic amines is 2. The van der Waals surface area contributed by atoms with Crippen LogP contribution < -0.4 is 17.1 Å². The van der Waals surface area contributed by atoms with E-state index in [2.05, 4.69) is 6.58 Å². The summed E-state index contributed by atoms with van der Waals surface area (Å²) >= 11 is 0. The Bertz CT molecular complexity index is 485. The summed E-state index contributed by atoms with van der Waals surface area (Å²) in [7, 11) is 0. The summed E-state index contributed by atoms with van der Waals surface area (Å²) < 4.78 is 0.00139. The minimum Gasteiger partial charge on any atom is -0.345 e. The number of hydrogen-bond acceptors (Lipinski definition) is 5. The summed E-state index contributed by atoms with van der Waals surface area (Å²) in [6.45, 7) is 3.01.